The van der Waals surface area contributed by atoms with Crippen molar-refractivity contribution in [3.63, 3.8) is 0 Å². The van der Waals surface area contributed by atoms with Crippen LogP contribution in [0.25, 0.3) is 10.9 Å². The minimum Gasteiger partial charge on any atom is -0.453 e. The molecule has 4 aromatic rings. The highest BCUT2D eigenvalue weighted by Gasteiger charge is 2.12. The molecule has 0 aliphatic heterocycles. The molecule has 8 heteroatoms. The van der Waals surface area contributed by atoms with Gasteiger partial charge in [0.1, 0.15) is 24.0 Å². The van der Waals surface area contributed by atoms with Gasteiger partial charge in [-0.15, -0.1) is 0 Å². The fraction of sp³-hybridized carbons (Fsp3) is 0.0526. The van der Waals surface area contributed by atoms with E-state index in [0.29, 0.717) is 22.5 Å². The number of aryl methyl sites for hydroxylation is 1. The normalized spacial score (nSPS) is 10.6. The first-order chi connectivity index (χ1) is 13.1. The number of nitriles is 1. The average molecular weight is 360 g/mol. The molecule has 0 aliphatic carbocycles. The number of fused-ring (bicyclic) bond motifs is 1. The Morgan fingerprint density at radius 1 is 1.22 bits per heavy atom. The van der Waals surface area contributed by atoms with Gasteiger partial charge in [-0.3, -0.25) is 4.68 Å². The van der Waals surface area contributed by atoms with Crippen LogP contribution in [0.3, 0.4) is 0 Å². The van der Waals surface area contributed by atoms with Crippen LogP contribution >= 0.6 is 0 Å². The third kappa shape index (κ3) is 3.26. The van der Waals surface area contributed by atoms with Crippen molar-refractivity contribution < 1.29 is 9.13 Å². The second-order valence-electron chi connectivity index (χ2n) is 5.76. The van der Waals surface area contributed by atoms with Gasteiger partial charge in [-0.05, 0) is 30.3 Å². The van der Waals surface area contributed by atoms with Crippen LogP contribution in [0.1, 0.15) is 5.56 Å². The Hall–Kier alpha value is -3.99. The summed E-state index contributed by atoms with van der Waals surface area (Å²) in [6.45, 7) is 0. The summed E-state index contributed by atoms with van der Waals surface area (Å²) in [5.41, 5.74) is 1.58. The second-order valence-corrected chi connectivity index (χ2v) is 5.76. The number of hydrogen-bond donors (Lipinski definition) is 1. The third-order valence-corrected chi connectivity index (χ3v) is 3.88. The van der Waals surface area contributed by atoms with Gasteiger partial charge in [0.15, 0.2) is 11.6 Å². The first-order valence-electron chi connectivity index (χ1n) is 8.01. The van der Waals surface area contributed by atoms with Crippen molar-refractivity contribution in [3.8, 4) is 17.6 Å². The van der Waals surface area contributed by atoms with Gasteiger partial charge in [-0.1, -0.05) is 6.07 Å². The fourth-order valence-corrected chi connectivity index (χ4v) is 2.64. The van der Waals surface area contributed by atoms with E-state index in [4.69, 9.17) is 10.00 Å². The molecule has 0 saturated heterocycles. The Kier molecular flexibility index (Phi) is 4.10. The number of nitrogens with zero attached hydrogens (tertiary/aromatic N) is 5. The highest BCUT2D eigenvalue weighted by atomic mass is 19.1. The summed E-state index contributed by atoms with van der Waals surface area (Å²) in [6.07, 6.45) is 4.94. The van der Waals surface area contributed by atoms with Gasteiger partial charge in [0.2, 0.25) is 0 Å². The fourth-order valence-electron chi connectivity index (χ4n) is 2.64. The molecule has 0 radical (unpaired) electrons. The van der Waals surface area contributed by atoms with Gasteiger partial charge in [0.25, 0.3) is 0 Å². The van der Waals surface area contributed by atoms with E-state index in [1.165, 1.54) is 24.5 Å². The maximum Gasteiger partial charge on any atom is 0.180 e. The first-order valence-corrected chi connectivity index (χ1v) is 8.01. The predicted molar refractivity (Wildman–Crippen MR) is 97.2 cm³/mol. The van der Waals surface area contributed by atoms with Crippen LogP contribution in [0.5, 0.6) is 11.5 Å². The minimum absolute atomic E-state index is 0.113. The molecule has 1 N–H and O–H groups in total. The molecule has 0 spiro atoms. The standard InChI is InChI=1S/C19H13FN6O/c1-26-10-13(9-24-26)25-19-15-7-14(5-6-17(15)22-11-23-19)27-18-12(8-21)3-2-4-16(18)20/h2-7,9-11H,1H3,(H,22,23,25). The number of nitrogens with one attached hydrogen (secondary N) is 1. The zero-order chi connectivity index (χ0) is 18.8. The lowest BCUT2D eigenvalue weighted by Gasteiger charge is -2.11. The molecule has 2 aromatic carbocycles. The second kappa shape index (κ2) is 6.72. The molecule has 0 atom stereocenters. The Bertz CT molecular complexity index is 1180. The molecular formula is C19H13FN6O. The summed E-state index contributed by atoms with van der Waals surface area (Å²) in [7, 11) is 1.82. The van der Waals surface area contributed by atoms with Crippen LogP contribution in [0.4, 0.5) is 15.9 Å². The molecule has 0 fully saturated rings. The van der Waals surface area contributed by atoms with E-state index in [9.17, 15) is 4.39 Å². The lowest BCUT2D eigenvalue weighted by atomic mass is 10.2. The summed E-state index contributed by atoms with van der Waals surface area (Å²) in [5.74, 6) is 0.214. The lowest BCUT2D eigenvalue weighted by Crippen LogP contribution is -1.96. The van der Waals surface area contributed by atoms with Crippen LogP contribution in [0.15, 0.2) is 55.1 Å². The number of aromatic nitrogens is 4. The molecule has 2 aromatic heterocycles. The number of halogens is 1. The Labute approximate surface area is 153 Å². The van der Waals surface area contributed by atoms with Crippen molar-refractivity contribution in [1.29, 1.82) is 5.26 Å². The third-order valence-electron chi connectivity index (χ3n) is 3.88. The molecular weight excluding hydrogens is 347 g/mol. The maximum absolute atomic E-state index is 14.1. The molecule has 132 valence electrons. The van der Waals surface area contributed by atoms with Crippen LogP contribution in [-0.2, 0) is 7.05 Å². The van der Waals surface area contributed by atoms with E-state index in [1.807, 2.05) is 19.3 Å². The minimum atomic E-state index is -0.604. The van der Waals surface area contributed by atoms with Gasteiger partial charge in [-0.2, -0.15) is 10.4 Å². The summed E-state index contributed by atoms with van der Waals surface area (Å²) < 4.78 is 21.4. The SMILES string of the molecule is Cn1cc(Nc2ncnc3ccc(Oc4c(F)cccc4C#N)cc23)cn1. The average Bonchev–Trinajstić information content (AvgIpc) is 3.08. The van der Waals surface area contributed by atoms with E-state index in [-0.39, 0.29) is 11.3 Å². The topological polar surface area (TPSA) is 88.6 Å². The van der Waals surface area contributed by atoms with Crippen molar-refractivity contribution in [3.05, 3.63) is 66.5 Å². The number of hydrogen-bond acceptors (Lipinski definition) is 6. The molecule has 7 nitrogen and oxygen atoms in total. The van der Waals surface area contributed by atoms with Crippen molar-refractivity contribution in [2.75, 3.05) is 5.32 Å². The zero-order valence-electron chi connectivity index (χ0n) is 14.2. The molecule has 0 bridgehead atoms. The largest absolute Gasteiger partial charge is 0.453 e. The van der Waals surface area contributed by atoms with E-state index in [2.05, 4.69) is 20.4 Å². The van der Waals surface area contributed by atoms with Crippen LogP contribution < -0.4 is 10.1 Å². The lowest BCUT2D eigenvalue weighted by molar-refractivity contribution is 0.441. The monoisotopic (exact) mass is 360 g/mol. The molecule has 27 heavy (non-hydrogen) atoms. The number of ether oxygens (including phenoxy) is 1. The molecule has 0 unspecified atom stereocenters. The predicted octanol–water partition coefficient (Wildman–Crippen LogP) is 3.91. The molecule has 0 saturated carbocycles. The van der Waals surface area contributed by atoms with E-state index < -0.39 is 5.82 Å². The molecule has 4 rings (SSSR count). The Morgan fingerprint density at radius 3 is 2.89 bits per heavy atom. The maximum atomic E-state index is 14.1. The van der Waals surface area contributed by atoms with Gasteiger partial charge < -0.3 is 10.1 Å². The van der Waals surface area contributed by atoms with Crippen molar-refractivity contribution in [2.45, 2.75) is 0 Å². The van der Waals surface area contributed by atoms with Gasteiger partial charge in [0.05, 0.1) is 23.0 Å². The van der Waals surface area contributed by atoms with E-state index in [1.54, 1.807) is 29.1 Å². The highest BCUT2D eigenvalue weighted by molar-refractivity contribution is 5.91. The smallest absolute Gasteiger partial charge is 0.180 e. The van der Waals surface area contributed by atoms with Gasteiger partial charge in [-0.25, -0.2) is 14.4 Å². The van der Waals surface area contributed by atoms with Gasteiger partial charge >= 0.3 is 0 Å². The van der Waals surface area contributed by atoms with Crippen molar-refractivity contribution in [2.24, 2.45) is 7.05 Å². The number of anilines is 2. The first kappa shape index (κ1) is 16.5. The van der Waals surface area contributed by atoms with Crippen molar-refractivity contribution in [1.82, 2.24) is 19.7 Å². The summed E-state index contributed by atoms with van der Waals surface area (Å²) in [6, 6.07) is 11.2. The van der Waals surface area contributed by atoms with E-state index >= 15 is 0 Å². The highest BCUT2D eigenvalue weighted by Crippen LogP contribution is 2.32. The van der Waals surface area contributed by atoms with E-state index in [0.717, 1.165) is 5.69 Å². The van der Waals surface area contributed by atoms with Crippen LogP contribution in [0, 0.1) is 17.1 Å². The van der Waals surface area contributed by atoms with Crippen LogP contribution in [0.2, 0.25) is 0 Å². The zero-order valence-corrected chi connectivity index (χ0v) is 14.2. The molecule has 2 heterocycles. The Morgan fingerprint density at radius 2 is 2.11 bits per heavy atom. The molecule has 0 aliphatic rings. The number of benzene rings is 2. The van der Waals surface area contributed by atoms with Gasteiger partial charge in [0, 0.05) is 18.6 Å². The summed E-state index contributed by atoms with van der Waals surface area (Å²) >= 11 is 0. The quantitative estimate of drug-likeness (QED) is 0.593. The summed E-state index contributed by atoms with van der Waals surface area (Å²) in [5, 5.41) is 17.1. The van der Waals surface area contributed by atoms with Crippen LogP contribution in [-0.4, -0.2) is 19.7 Å². The summed E-state index contributed by atoms with van der Waals surface area (Å²) in [4.78, 5) is 8.50. The Balaban J connectivity index is 1.74. The number of rotatable bonds is 4. The van der Waals surface area contributed by atoms with Crippen molar-refractivity contribution >= 4 is 22.4 Å². The number of para-hydroxylation sites is 1. The molecule has 0 amide bonds.